The Morgan fingerprint density at radius 2 is 1.90 bits per heavy atom. The van der Waals surface area contributed by atoms with E-state index in [9.17, 15) is 13.2 Å². The molecule has 7 heteroatoms. The summed E-state index contributed by atoms with van der Waals surface area (Å²) >= 11 is 4.77. The fourth-order valence-corrected chi connectivity index (χ4v) is 3.56. The van der Waals surface area contributed by atoms with Gasteiger partial charge < -0.3 is 5.32 Å². The monoisotopic (exact) mass is 387 g/mol. The van der Waals surface area contributed by atoms with Crippen LogP contribution in [0.3, 0.4) is 0 Å². The van der Waals surface area contributed by atoms with E-state index in [2.05, 4.69) is 21.2 Å². The number of thiophene rings is 1. The van der Waals surface area contributed by atoms with E-state index in [1.807, 2.05) is 6.92 Å². The largest absolute Gasteiger partial charge is 0.345 e. The van der Waals surface area contributed by atoms with Crippen molar-refractivity contribution in [1.29, 1.82) is 0 Å². The van der Waals surface area contributed by atoms with E-state index in [1.54, 1.807) is 35.7 Å². The third-order valence-electron chi connectivity index (χ3n) is 2.99. The Balaban J connectivity index is 2.10. The molecule has 2 aromatic rings. The fourth-order valence-electron chi connectivity index (χ4n) is 1.80. The molecule has 1 amide bonds. The lowest BCUT2D eigenvalue weighted by Crippen LogP contribution is -2.26. The van der Waals surface area contributed by atoms with Gasteiger partial charge in [0.2, 0.25) is 0 Å². The molecule has 1 unspecified atom stereocenters. The van der Waals surface area contributed by atoms with Gasteiger partial charge in [0, 0.05) is 11.6 Å². The SMILES string of the molecule is CC(NC(=O)c1csc(Br)c1)c1ccc(S(C)(=O)=O)cc1. The summed E-state index contributed by atoms with van der Waals surface area (Å²) in [6.45, 7) is 1.86. The number of benzene rings is 1. The Labute approximate surface area is 136 Å². The highest BCUT2D eigenvalue weighted by Gasteiger charge is 2.14. The summed E-state index contributed by atoms with van der Waals surface area (Å²) in [7, 11) is -3.20. The minimum absolute atomic E-state index is 0.156. The molecule has 1 aromatic carbocycles. The lowest BCUT2D eigenvalue weighted by Gasteiger charge is -2.14. The van der Waals surface area contributed by atoms with Crippen LogP contribution in [0.1, 0.15) is 28.9 Å². The van der Waals surface area contributed by atoms with Gasteiger partial charge in [-0.25, -0.2) is 8.42 Å². The van der Waals surface area contributed by atoms with Crippen LogP contribution in [0.2, 0.25) is 0 Å². The molecule has 4 nitrogen and oxygen atoms in total. The summed E-state index contributed by atoms with van der Waals surface area (Å²) in [5, 5.41) is 4.66. The van der Waals surface area contributed by atoms with Crippen molar-refractivity contribution >= 4 is 43.0 Å². The van der Waals surface area contributed by atoms with Gasteiger partial charge >= 0.3 is 0 Å². The van der Waals surface area contributed by atoms with Crippen LogP contribution in [0.15, 0.2) is 44.4 Å². The standard InChI is InChI=1S/C14H14BrNO3S2/c1-9(16-14(17)11-7-13(15)20-8-11)10-3-5-12(6-4-10)21(2,18)19/h3-9H,1-2H3,(H,16,17). The second-order valence-electron chi connectivity index (χ2n) is 4.68. The van der Waals surface area contributed by atoms with Gasteiger partial charge in [-0.05, 0) is 46.6 Å². The maximum atomic E-state index is 12.0. The summed E-state index contributed by atoms with van der Waals surface area (Å²) < 4.78 is 23.7. The van der Waals surface area contributed by atoms with E-state index in [1.165, 1.54) is 17.6 Å². The predicted molar refractivity (Wildman–Crippen MR) is 87.5 cm³/mol. The van der Waals surface area contributed by atoms with Crippen molar-refractivity contribution in [3.05, 3.63) is 50.6 Å². The maximum Gasteiger partial charge on any atom is 0.252 e. The van der Waals surface area contributed by atoms with Crippen molar-refractivity contribution in [1.82, 2.24) is 5.32 Å². The molecule has 0 aliphatic rings. The Hall–Kier alpha value is -1.18. The molecule has 0 bridgehead atoms. The van der Waals surface area contributed by atoms with E-state index >= 15 is 0 Å². The first kappa shape index (κ1) is 16.2. The fraction of sp³-hybridized carbons (Fsp3) is 0.214. The van der Waals surface area contributed by atoms with E-state index < -0.39 is 9.84 Å². The van der Waals surface area contributed by atoms with E-state index in [4.69, 9.17) is 0 Å². The molecular formula is C14H14BrNO3S2. The number of carbonyl (C=O) groups excluding carboxylic acids is 1. The molecule has 112 valence electrons. The quantitative estimate of drug-likeness (QED) is 0.873. The van der Waals surface area contributed by atoms with Crippen LogP contribution >= 0.6 is 27.3 Å². The molecule has 0 saturated carbocycles. The number of hydrogen-bond acceptors (Lipinski definition) is 4. The summed E-state index contributed by atoms with van der Waals surface area (Å²) in [5.74, 6) is -0.156. The average molecular weight is 388 g/mol. The molecule has 0 saturated heterocycles. The Morgan fingerprint density at radius 3 is 2.38 bits per heavy atom. The van der Waals surface area contributed by atoms with E-state index in [0.29, 0.717) is 5.56 Å². The van der Waals surface area contributed by atoms with Gasteiger partial charge in [0.1, 0.15) is 0 Å². The number of nitrogens with one attached hydrogen (secondary N) is 1. The first-order valence-corrected chi connectivity index (χ1v) is 9.68. The van der Waals surface area contributed by atoms with Gasteiger partial charge in [-0.3, -0.25) is 4.79 Å². The van der Waals surface area contributed by atoms with Crippen LogP contribution in [-0.2, 0) is 9.84 Å². The molecule has 1 heterocycles. The van der Waals surface area contributed by atoms with Crippen molar-refractivity contribution in [3.63, 3.8) is 0 Å². The topological polar surface area (TPSA) is 63.2 Å². The van der Waals surface area contributed by atoms with Crippen LogP contribution in [0.25, 0.3) is 0 Å². The summed E-state index contributed by atoms with van der Waals surface area (Å²) in [6, 6.07) is 8.09. The third kappa shape index (κ3) is 4.15. The highest BCUT2D eigenvalue weighted by atomic mass is 79.9. The zero-order valence-corrected chi connectivity index (χ0v) is 14.7. The predicted octanol–water partition coefficient (Wildman–Crippen LogP) is 3.41. The number of carbonyl (C=O) groups is 1. The number of amides is 1. The molecule has 2 rings (SSSR count). The first-order valence-electron chi connectivity index (χ1n) is 6.12. The molecule has 0 aliphatic heterocycles. The molecule has 21 heavy (non-hydrogen) atoms. The average Bonchev–Trinajstić information content (AvgIpc) is 2.84. The molecule has 0 spiro atoms. The Morgan fingerprint density at radius 1 is 1.29 bits per heavy atom. The van der Waals surface area contributed by atoms with Crippen LogP contribution in [-0.4, -0.2) is 20.6 Å². The Bertz CT molecular complexity index is 751. The maximum absolute atomic E-state index is 12.0. The third-order valence-corrected chi connectivity index (χ3v) is 5.62. The lowest BCUT2D eigenvalue weighted by atomic mass is 10.1. The van der Waals surface area contributed by atoms with Gasteiger partial charge in [-0.1, -0.05) is 12.1 Å². The van der Waals surface area contributed by atoms with Crippen molar-refractivity contribution in [2.45, 2.75) is 17.9 Å². The van der Waals surface area contributed by atoms with Crippen molar-refractivity contribution < 1.29 is 13.2 Å². The van der Waals surface area contributed by atoms with E-state index in [0.717, 1.165) is 9.35 Å². The molecule has 1 atom stereocenters. The highest BCUT2D eigenvalue weighted by molar-refractivity contribution is 9.11. The summed E-state index contributed by atoms with van der Waals surface area (Å²) in [6.07, 6.45) is 1.17. The number of hydrogen-bond donors (Lipinski definition) is 1. The lowest BCUT2D eigenvalue weighted by molar-refractivity contribution is 0.0940. The molecule has 0 radical (unpaired) electrons. The molecule has 1 N–H and O–H groups in total. The summed E-state index contributed by atoms with van der Waals surface area (Å²) in [5.41, 5.74) is 1.46. The van der Waals surface area contributed by atoms with Crippen LogP contribution in [0.5, 0.6) is 0 Å². The van der Waals surface area contributed by atoms with Crippen LogP contribution < -0.4 is 5.32 Å². The van der Waals surface area contributed by atoms with Crippen molar-refractivity contribution in [2.24, 2.45) is 0 Å². The number of sulfone groups is 1. The van der Waals surface area contributed by atoms with Gasteiger partial charge in [0.05, 0.1) is 20.3 Å². The Kier molecular flexibility index (Phi) is 4.85. The highest BCUT2D eigenvalue weighted by Crippen LogP contribution is 2.22. The molecule has 0 aliphatic carbocycles. The molecule has 1 aromatic heterocycles. The van der Waals surface area contributed by atoms with Crippen LogP contribution in [0.4, 0.5) is 0 Å². The van der Waals surface area contributed by atoms with Gasteiger partial charge in [0.25, 0.3) is 5.91 Å². The van der Waals surface area contributed by atoms with Crippen LogP contribution in [0, 0.1) is 0 Å². The second kappa shape index (κ2) is 6.29. The van der Waals surface area contributed by atoms with Gasteiger partial charge in [-0.2, -0.15) is 0 Å². The first-order chi connectivity index (χ1) is 9.77. The molecular weight excluding hydrogens is 374 g/mol. The smallest absolute Gasteiger partial charge is 0.252 e. The van der Waals surface area contributed by atoms with Gasteiger partial charge in [0.15, 0.2) is 9.84 Å². The normalized spacial score (nSPS) is 12.9. The van der Waals surface area contributed by atoms with Crippen molar-refractivity contribution in [3.8, 4) is 0 Å². The zero-order chi connectivity index (χ0) is 15.6. The van der Waals surface area contributed by atoms with E-state index in [-0.39, 0.29) is 16.8 Å². The second-order valence-corrected chi connectivity index (χ2v) is 8.98. The minimum Gasteiger partial charge on any atom is -0.345 e. The molecule has 0 fully saturated rings. The number of rotatable bonds is 4. The van der Waals surface area contributed by atoms with Crippen molar-refractivity contribution in [2.75, 3.05) is 6.26 Å². The zero-order valence-electron chi connectivity index (χ0n) is 11.5. The minimum atomic E-state index is -3.20. The van der Waals surface area contributed by atoms with Gasteiger partial charge in [-0.15, -0.1) is 11.3 Å². The number of halogens is 1. The summed E-state index contributed by atoms with van der Waals surface area (Å²) in [4.78, 5) is 12.3.